The quantitative estimate of drug-likeness (QED) is 0.510. The lowest BCUT2D eigenvalue weighted by Crippen LogP contribution is -2.10. The molecule has 0 saturated heterocycles. The average Bonchev–Trinajstić information content (AvgIpc) is 3.23. The van der Waals surface area contributed by atoms with Crippen molar-refractivity contribution in [3.05, 3.63) is 41.7 Å². The molecule has 0 atom stereocenters. The summed E-state index contributed by atoms with van der Waals surface area (Å²) >= 11 is 1.30. The van der Waals surface area contributed by atoms with Crippen molar-refractivity contribution >= 4 is 22.1 Å². The number of nitrogen functional groups attached to an aromatic ring is 1. The maximum atomic E-state index is 13.3. The van der Waals surface area contributed by atoms with Crippen LogP contribution >= 0.6 is 11.3 Å². The summed E-state index contributed by atoms with van der Waals surface area (Å²) in [7, 11) is 3.07. The van der Waals surface area contributed by atoms with Crippen LogP contribution in [0.1, 0.15) is 11.3 Å². The Morgan fingerprint density at radius 1 is 1.07 bits per heavy atom. The van der Waals surface area contributed by atoms with Gasteiger partial charge in [0.15, 0.2) is 11.5 Å². The number of nitrogens with two attached hydrogens (primary N) is 1. The summed E-state index contributed by atoms with van der Waals surface area (Å²) in [6, 6.07) is 6.31. The molecule has 0 saturated carbocycles. The molecule has 4 aromatic rings. The molecule has 156 valence electrons. The Morgan fingerprint density at radius 2 is 1.80 bits per heavy atom. The maximum Gasteiger partial charge on any atom is 0.419 e. The Kier molecular flexibility index (Phi) is 4.77. The number of aromatic nitrogens is 4. The largest absolute Gasteiger partial charge is 0.493 e. The van der Waals surface area contributed by atoms with E-state index in [9.17, 15) is 13.2 Å². The van der Waals surface area contributed by atoms with E-state index in [-0.39, 0.29) is 5.56 Å². The Labute approximate surface area is 172 Å². The molecular weight excluding hydrogens is 419 g/mol. The summed E-state index contributed by atoms with van der Waals surface area (Å²) in [5.74, 6) is 0.539. The van der Waals surface area contributed by atoms with E-state index in [0.29, 0.717) is 32.9 Å². The molecular formula is C19H16F3N5O2S. The van der Waals surface area contributed by atoms with E-state index in [0.717, 1.165) is 11.6 Å². The van der Waals surface area contributed by atoms with Crippen molar-refractivity contribution in [2.75, 3.05) is 20.0 Å². The third-order valence-electron chi connectivity index (χ3n) is 4.51. The number of hydrogen-bond acceptors (Lipinski definition) is 7. The molecule has 1 aromatic carbocycles. The van der Waals surface area contributed by atoms with E-state index >= 15 is 0 Å². The zero-order chi connectivity index (χ0) is 21.6. The van der Waals surface area contributed by atoms with Gasteiger partial charge in [-0.15, -0.1) is 0 Å². The molecule has 0 amide bonds. The Bertz CT molecular complexity index is 1250. The molecule has 0 radical (unpaired) electrons. The molecule has 3 aromatic heterocycles. The summed E-state index contributed by atoms with van der Waals surface area (Å²) in [4.78, 5) is 8.71. The first-order valence-electron chi connectivity index (χ1n) is 8.64. The maximum absolute atomic E-state index is 13.3. The van der Waals surface area contributed by atoms with Gasteiger partial charge in [-0.05, 0) is 31.2 Å². The number of methoxy groups -OCH3 is 2. The van der Waals surface area contributed by atoms with Crippen LogP contribution in [0.15, 0.2) is 30.5 Å². The van der Waals surface area contributed by atoms with E-state index in [1.54, 1.807) is 26.2 Å². The van der Waals surface area contributed by atoms with Gasteiger partial charge in [-0.3, -0.25) is 0 Å². The van der Waals surface area contributed by atoms with Gasteiger partial charge in [0.25, 0.3) is 0 Å². The molecule has 7 nitrogen and oxygen atoms in total. The Balaban J connectivity index is 1.85. The Hall–Kier alpha value is -3.34. The molecule has 4 rings (SSSR count). The number of aryl methyl sites for hydroxylation is 1. The second-order valence-electron chi connectivity index (χ2n) is 6.37. The molecule has 0 unspecified atom stereocenters. The van der Waals surface area contributed by atoms with Gasteiger partial charge in [-0.1, -0.05) is 11.3 Å². The van der Waals surface area contributed by atoms with Crippen molar-refractivity contribution in [3.8, 4) is 33.3 Å². The lowest BCUT2D eigenvalue weighted by molar-refractivity contribution is -0.137. The van der Waals surface area contributed by atoms with Gasteiger partial charge in [0, 0.05) is 17.3 Å². The molecule has 0 fully saturated rings. The summed E-state index contributed by atoms with van der Waals surface area (Å²) in [5, 5.41) is 5.19. The number of ether oxygens (including phenoxy) is 2. The lowest BCUT2D eigenvalue weighted by atomic mass is 10.1. The zero-order valence-corrected chi connectivity index (χ0v) is 16.9. The monoisotopic (exact) mass is 435 g/mol. The fourth-order valence-corrected chi connectivity index (χ4v) is 4.04. The van der Waals surface area contributed by atoms with Crippen LogP contribution < -0.4 is 15.2 Å². The SMILES string of the molecule is COc1ccc(-c2nn3c(-c4cnc(N)c(C(F)(F)F)c4)c(C)nc3s2)cc1OC. The number of benzene rings is 1. The summed E-state index contributed by atoms with van der Waals surface area (Å²) < 4.78 is 51.9. The molecule has 3 heterocycles. The molecule has 0 bridgehead atoms. The predicted molar refractivity (Wildman–Crippen MR) is 107 cm³/mol. The fourth-order valence-electron chi connectivity index (χ4n) is 3.10. The van der Waals surface area contributed by atoms with E-state index in [1.807, 2.05) is 6.07 Å². The van der Waals surface area contributed by atoms with Crippen LogP contribution in [0.5, 0.6) is 11.5 Å². The number of imidazole rings is 1. The summed E-state index contributed by atoms with van der Waals surface area (Å²) in [6.45, 7) is 1.70. The summed E-state index contributed by atoms with van der Waals surface area (Å²) in [6.07, 6.45) is -3.33. The van der Waals surface area contributed by atoms with E-state index in [1.165, 1.54) is 29.2 Å². The number of halogens is 3. The smallest absolute Gasteiger partial charge is 0.419 e. The fraction of sp³-hybridized carbons (Fsp3) is 0.211. The van der Waals surface area contributed by atoms with Gasteiger partial charge in [-0.2, -0.15) is 18.3 Å². The van der Waals surface area contributed by atoms with Crippen LogP contribution in [0, 0.1) is 6.92 Å². The number of pyridine rings is 1. The summed E-state index contributed by atoms with van der Waals surface area (Å²) in [5.41, 5.74) is 6.37. The van der Waals surface area contributed by atoms with Gasteiger partial charge < -0.3 is 15.2 Å². The van der Waals surface area contributed by atoms with E-state index in [2.05, 4.69) is 15.1 Å². The first kappa shape index (κ1) is 20.0. The normalized spacial score (nSPS) is 11.8. The number of nitrogens with zero attached hydrogens (tertiary/aromatic N) is 4. The van der Waals surface area contributed by atoms with Crippen molar-refractivity contribution in [2.45, 2.75) is 13.1 Å². The third-order valence-corrected chi connectivity index (χ3v) is 5.46. The standard InChI is InChI=1S/C19H16F3N5O2S/c1-9-15(11-6-12(19(20,21)22)16(23)24-8-11)27-18(25-9)30-17(26-27)10-4-5-13(28-2)14(7-10)29-3/h4-8H,1-3H3,(H2,23,24). The van der Waals surface area contributed by atoms with Gasteiger partial charge >= 0.3 is 6.18 Å². The number of rotatable bonds is 4. The van der Waals surface area contributed by atoms with E-state index in [4.69, 9.17) is 15.2 Å². The minimum absolute atomic E-state index is 0.227. The van der Waals surface area contributed by atoms with Crippen molar-refractivity contribution in [2.24, 2.45) is 0 Å². The van der Waals surface area contributed by atoms with Crippen LogP contribution in [-0.4, -0.2) is 33.8 Å². The first-order valence-corrected chi connectivity index (χ1v) is 9.46. The van der Waals surface area contributed by atoms with Gasteiger partial charge in [0.05, 0.1) is 31.2 Å². The van der Waals surface area contributed by atoms with Crippen LogP contribution in [0.4, 0.5) is 19.0 Å². The van der Waals surface area contributed by atoms with E-state index < -0.39 is 17.6 Å². The highest BCUT2D eigenvalue weighted by Gasteiger charge is 2.34. The lowest BCUT2D eigenvalue weighted by Gasteiger charge is -2.11. The van der Waals surface area contributed by atoms with Crippen molar-refractivity contribution in [3.63, 3.8) is 0 Å². The zero-order valence-electron chi connectivity index (χ0n) is 16.1. The number of alkyl halides is 3. The highest BCUT2D eigenvalue weighted by Crippen LogP contribution is 2.38. The highest BCUT2D eigenvalue weighted by atomic mass is 32.1. The molecule has 0 aliphatic heterocycles. The van der Waals surface area contributed by atoms with Crippen molar-refractivity contribution in [1.82, 2.24) is 19.6 Å². The molecule has 0 aliphatic carbocycles. The number of fused-ring (bicyclic) bond motifs is 1. The molecule has 0 spiro atoms. The Morgan fingerprint density at radius 3 is 2.47 bits per heavy atom. The first-order chi connectivity index (χ1) is 14.2. The van der Waals surface area contributed by atoms with Crippen LogP contribution in [0.2, 0.25) is 0 Å². The minimum atomic E-state index is -4.61. The van der Waals surface area contributed by atoms with Crippen molar-refractivity contribution in [1.29, 1.82) is 0 Å². The molecule has 11 heteroatoms. The van der Waals surface area contributed by atoms with Gasteiger partial charge in [-0.25, -0.2) is 14.5 Å². The van der Waals surface area contributed by atoms with Crippen LogP contribution in [0.25, 0.3) is 26.8 Å². The molecule has 2 N–H and O–H groups in total. The number of anilines is 1. The average molecular weight is 435 g/mol. The third kappa shape index (κ3) is 3.30. The molecule has 0 aliphatic rings. The van der Waals surface area contributed by atoms with Gasteiger partial charge in [0.1, 0.15) is 10.8 Å². The predicted octanol–water partition coefficient (Wildman–Crippen LogP) is 4.45. The number of hydrogen-bond donors (Lipinski definition) is 1. The van der Waals surface area contributed by atoms with Crippen LogP contribution in [0.3, 0.4) is 0 Å². The second kappa shape index (κ2) is 7.17. The topological polar surface area (TPSA) is 87.6 Å². The molecule has 30 heavy (non-hydrogen) atoms. The van der Waals surface area contributed by atoms with Crippen molar-refractivity contribution < 1.29 is 22.6 Å². The van der Waals surface area contributed by atoms with Crippen LogP contribution in [-0.2, 0) is 6.18 Å². The highest BCUT2D eigenvalue weighted by molar-refractivity contribution is 7.19. The minimum Gasteiger partial charge on any atom is -0.493 e. The van der Waals surface area contributed by atoms with Gasteiger partial charge in [0.2, 0.25) is 4.96 Å². The second-order valence-corrected chi connectivity index (χ2v) is 7.33.